The van der Waals surface area contributed by atoms with E-state index in [2.05, 4.69) is 47.0 Å². The first-order valence-corrected chi connectivity index (χ1v) is 11.8. The maximum Gasteiger partial charge on any atom is 0.145 e. The molecule has 0 saturated heterocycles. The molecule has 36 heavy (non-hydrogen) atoms. The normalized spacial score (nSPS) is 11.3. The molecule has 0 spiro atoms. The van der Waals surface area contributed by atoms with Crippen molar-refractivity contribution in [2.45, 2.75) is 5.92 Å². The highest BCUT2D eigenvalue weighted by molar-refractivity contribution is 5.83. The van der Waals surface area contributed by atoms with E-state index in [1.165, 1.54) is 24.3 Å². The summed E-state index contributed by atoms with van der Waals surface area (Å²) in [6.45, 7) is 0. The summed E-state index contributed by atoms with van der Waals surface area (Å²) in [5.41, 5.74) is 6.89. The minimum atomic E-state index is -0.285. The van der Waals surface area contributed by atoms with Crippen LogP contribution in [0.4, 0.5) is 8.78 Å². The molecule has 1 aromatic heterocycles. The van der Waals surface area contributed by atoms with Crippen molar-refractivity contribution in [2.75, 3.05) is 0 Å². The maximum atomic E-state index is 13.7. The van der Waals surface area contributed by atoms with Gasteiger partial charge in [-0.05, 0) is 65.2 Å². The maximum absolute atomic E-state index is 13.7. The van der Waals surface area contributed by atoms with Crippen LogP contribution in [0.15, 0.2) is 127 Å². The lowest BCUT2D eigenvalue weighted by Crippen LogP contribution is -2.04. The predicted octanol–water partition coefficient (Wildman–Crippen LogP) is 8.15. The summed E-state index contributed by atoms with van der Waals surface area (Å²) in [5, 5.41) is 0. The second-order valence-electron chi connectivity index (χ2n) is 8.75. The van der Waals surface area contributed by atoms with Crippen LogP contribution in [-0.4, -0.2) is 9.55 Å². The molecule has 2 nitrogen and oxygen atoms in total. The van der Waals surface area contributed by atoms with Crippen molar-refractivity contribution in [2.24, 2.45) is 0 Å². The van der Waals surface area contributed by atoms with E-state index >= 15 is 0 Å². The summed E-state index contributed by atoms with van der Waals surface area (Å²) in [6.07, 6.45) is 0. The van der Waals surface area contributed by atoms with Gasteiger partial charge in [0.2, 0.25) is 0 Å². The minimum Gasteiger partial charge on any atom is -0.292 e. The molecule has 0 aliphatic carbocycles. The molecule has 0 aliphatic heterocycles. The minimum absolute atomic E-state index is 0.159. The zero-order valence-electron chi connectivity index (χ0n) is 19.4. The molecule has 0 N–H and O–H groups in total. The molecule has 5 aromatic carbocycles. The van der Waals surface area contributed by atoms with Crippen molar-refractivity contribution in [3.63, 3.8) is 0 Å². The van der Waals surface area contributed by atoms with Gasteiger partial charge in [0, 0.05) is 17.2 Å². The van der Waals surface area contributed by atoms with Gasteiger partial charge in [-0.15, -0.1) is 0 Å². The van der Waals surface area contributed by atoms with Crippen LogP contribution in [0.25, 0.3) is 28.1 Å². The average Bonchev–Trinajstić information content (AvgIpc) is 3.32. The Labute approximate surface area is 208 Å². The van der Waals surface area contributed by atoms with Gasteiger partial charge in [0.25, 0.3) is 0 Å². The highest BCUT2D eigenvalue weighted by Gasteiger charge is 2.19. The summed E-state index contributed by atoms with van der Waals surface area (Å²) in [7, 11) is 0. The van der Waals surface area contributed by atoms with E-state index in [1.54, 1.807) is 24.3 Å². The third-order valence-corrected chi connectivity index (χ3v) is 6.48. The molecule has 1 heterocycles. The summed E-state index contributed by atoms with van der Waals surface area (Å²) in [5.74, 6) is 0.126. The van der Waals surface area contributed by atoms with E-state index in [0.29, 0.717) is 0 Å². The van der Waals surface area contributed by atoms with Crippen LogP contribution in [0.2, 0.25) is 0 Å². The Morgan fingerprint density at radius 1 is 0.528 bits per heavy atom. The van der Waals surface area contributed by atoms with Crippen LogP contribution in [0.1, 0.15) is 22.6 Å². The summed E-state index contributed by atoms with van der Waals surface area (Å²) < 4.78 is 29.5. The number of rotatable bonds is 5. The zero-order chi connectivity index (χ0) is 24.5. The Hall–Kier alpha value is -4.57. The average molecular weight is 473 g/mol. The van der Waals surface area contributed by atoms with Gasteiger partial charge in [-0.1, -0.05) is 78.9 Å². The number of fused-ring (bicyclic) bond motifs is 1. The van der Waals surface area contributed by atoms with Crippen molar-refractivity contribution in [3.8, 4) is 17.1 Å². The second-order valence-corrected chi connectivity index (χ2v) is 8.75. The van der Waals surface area contributed by atoms with Crippen LogP contribution in [0, 0.1) is 11.6 Å². The van der Waals surface area contributed by atoms with Crippen LogP contribution in [-0.2, 0) is 0 Å². The van der Waals surface area contributed by atoms with Crippen LogP contribution in [0.5, 0.6) is 0 Å². The first-order chi connectivity index (χ1) is 17.7. The fourth-order valence-electron chi connectivity index (χ4n) is 4.77. The highest BCUT2D eigenvalue weighted by atomic mass is 19.1. The molecule has 174 valence electrons. The third-order valence-electron chi connectivity index (χ3n) is 6.48. The standard InChI is InChI=1S/C32H22F2N2/c33-26-18-14-23(15-19-26)31(24-16-20-27(34)21-17-24)22-10-12-25(13-11-22)32-35-29-8-4-5-9-30(29)36(32)28-6-2-1-3-7-28/h1-21,31H. The van der Waals surface area contributed by atoms with Gasteiger partial charge in [0.05, 0.1) is 11.0 Å². The molecule has 6 aromatic rings. The molecule has 0 atom stereocenters. The molecule has 4 heteroatoms. The van der Waals surface area contributed by atoms with Gasteiger partial charge in [0.15, 0.2) is 0 Å². The van der Waals surface area contributed by atoms with Crippen molar-refractivity contribution in [1.82, 2.24) is 9.55 Å². The Morgan fingerprint density at radius 2 is 1.03 bits per heavy atom. The van der Waals surface area contributed by atoms with Crippen molar-refractivity contribution in [1.29, 1.82) is 0 Å². The van der Waals surface area contributed by atoms with E-state index < -0.39 is 0 Å². The smallest absolute Gasteiger partial charge is 0.145 e. The van der Waals surface area contributed by atoms with E-state index in [4.69, 9.17) is 4.98 Å². The third kappa shape index (κ3) is 4.07. The fourth-order valence-corrected chi connectivity index (χ4v) is 4.77. The molecule has 0 radical (unpaired) electrons. The number of aromatic nitrogens is 2. The number of halogens is 2. The number of imidazole rings is 1. The molecule has 0 saturated carbocycles. The van der Waals surface area contributed by atoms with Crippen LogP contribution >= 0.6 is 0 Å². The van der Waals surface area contributed by atoms with Gasteiger partial charge >= 0.3 is 0 Å². The van der Waals surface area contributed by atoms with Gasteiger partial charge in [0.1, 0.15) is 17.5 Å². The van der Waals surface area contributed by atoms with Crippen LogP contribution < -0.4 is 0 Å². The summed E-state index contributed by atoms with van der Waals surface area (Å²) in [6, 6.07) is 39.6. The number of benzene rings is 5. The second kappa shape index (κ2) is 9.23. The van der Waals surface area contributed by atoms with Gasteiger partial charge in [-0.25, -0.2) is 13.8 Å². The molecule has 0 aliphatic rings. The Balaban J connectivity index is 1.46. The quantitative estimate of drug-likeness (QED) is 0.232. The Morgan fingerprint density at radius 3 is 1.61 bits per heavy atom. The lowest BCUT2D eigenvalue weighted by Gasteiger charge is -2.19. The van der Waals surface area contributed by atoms with Crippen LogP contribution in [0.3, 0.4) is 0 Å². The van der Waals surface area contributed by atoms with Gasteiger partial charge in [-0.3, -0.25) is 4.57 Å². The number of hydrogen-bond acceptors (Lipinski definition) is 1. The Kier molecular flexibility index (Phi) is 5.62. The van der Waals surface area contributed by atoms with E-state index in [9.17, 15) is 8.78 Å². The Bertz CT molecular complexity index is 1570. The molecular formula is C32H22F2N2. The lowest BCUT2D eigenvalue weighted by atomic mass is 9.85. The molecular weight excluding hydrogens is 450 g/mol. The van der Waals surface area contributed by atoms with E-state index in [-0.39, 0.29) is 17.6 Å². The zero-order valence-corrected chi connectivity index (χ0v) is 19.4. The molecule has 6 rings (SSSR count). The predicted molar refractivity (Wildman–Crippen MR) is 140 cm³/mol. The molecule has 0 amide bonds. The fraction of sp³-hybridized carbons (Fsp3) is 0.0312. The number of nitrogens with zero attached hydrogens (tertiary/aromatic N) is 2. The summed E-state index contributed by atoms with van der Waals surface area (Å²) >= 11 is 0. The van der Waals surface area contributed by atoms with Crippen molar-refractivity contribution >= 4 is 11.0 Å². The number of hydrogen-bond donors (Lipinski definition) is 0. The first-order valence-electron chi connectivity index (χ1n) is 11.8. The first kappa shape index (κ1) is 21.9. The number of para-hydroxylation sites is 3. The summed E-state index contributed by atoms with van der Waals surface area (Å²) in [4.78, 5) is 4.95. The topological polar surface area (TPSA) is 17.8 Å². The SMILES string of the molecule is Fc1ccc(C(c2ccc(F)cc2)c2ccc(-c3nc4ccccc4n3-c3ccccc3)cc2)cc1. The monoisotopic (exact) mass is 472 g/mol. The van der Waals surface area contributed by atoms with E-state index in [0.717, 1.165) is 44.8 Å². The lowest BCUT2D eigenvalue weighted by molar-refractivity contribution is 0.626. The molecule has 0 bridgehead atoms. The molecule has 0 fully saturated rings. The largest absolute Gasteiger partial charge is 0.292 e. The van der Waals surface area contributed by atoms with E-state index in [1.807, 2.05) is 36.4 Å². The van der Waals surface area contributed by atoms with Crippen molar-refractivity contribution < 1.29 is 8.78 Å². The highest BCUT2D eigenvalue weighted by Crippen LogP contribution is 2.34. The van der Waals surface area contributed by atoms with Gasteiger partial charge < -0.3 is 0 Å². The molecule has 0 unspecified atom stereocenters. The van der Waals surface area contributed by atoms with Crippen molar-refractivity contribution in [3.05, 3.63) is 156 Å². The van der Waals surface area contributed by atoms with Gasteiger partial charge in [-0.2, -0.15) is 0 Å².